The fourth-order valence-corrected chi connectivity index (χ4v) is 3.03. The Morgan fingerprint density at radius 1 is 1.25 bits per heavy atom. The van der Waals surface area contributed by atoms with Crippen LogP contribution in [-0.2, 0) is 6.42 Å². The van der Waals surface area contributed by atoms with Gasteiger partial charge in [-0.05, 0) is 31.0 Å². The van der Waals surface area contributed by atoms with Crippen molar-refractivity contribution in [2.75, 3.05) is 6.54 Å². The number of hydrogen-bond acceptors (Lipinski definition) is 4. The molecule has 108 valence electrons. The quantitative estimate of drug-likeness (QED) is 0.845. The van der Waals surface area contributed by atoms with Crippen molar-refractivity contribution in [1.29, 1.82) is 0 Å². The molecule has 0 fully saturated rings. The highest BCUT2D eigenvalue weighted by Gasteiger charge is 2.15. The summed E-state index contributed by atoms with van der Waals surface area (Å²) >= 11 is 1.57. The monoisotopic (exact) mass is 293 g/mol. The number of rotatable bonds is 7. The van der Waals surface area contributed by atoms with Crippen LogP contribution in [0.2, 0.25) is 0 Å². The number of aromatic nitrogens is 2. The lowest BCUT2D eigenvalue weighted by molar-refractivity contribution is 0.513. The third kappa shape index (κ3) is 3.84. The fraction of sp³-hybridized carbons (Fsp3) is 0.467. The molecule has 0 aliphatic carbocycles. The maximum atomic E-state index is 13.6. The smallest absolute Gasteiger partial charge is 0.134 e. The molecule has 0 bridgehead atoms. The number of hydrogen-bond donors (Lipinski definition) is 1. The molecular formula is C15H20FN3S. The van der Waals surface area contributed by atoms with Gasteiger partial charge in [0.25, 0.3) is 0 Å². The van der Waals surface area contributed by atoms with Gasteiger partial charge in [-0.15, -0.1) is 10.2 Å². The molecule has 0 radical (unpaired) electrons. The summed E-state index contributed by atoms with van der Waals surface area (Å²) in [6, 6.07) is 7.07. The van der Waals surface area contributed by atoms with Crippen LogP contribution in [-0.4, -0.2) is 16.7 Å². The molecule has 5 heteroatoms. The lowest BCUT2D eigenvalue weighted by atomic mass is 10.1. The van der Waals surface area contributed by atoms with Crippen molar-refractivity contribution < 1.29 is 4.39 Å². The molecule has 2 rings (SSSR count). The minimum atomic E-state index is -0.180. The predicted octanol–water partition coefficient (Wildman–Crippen LogP) is 3.72. The topological polar surface area (TPSA) is 37.8 Å². The van der Waals surface area contributed by atoms with E-state index in [9.17, 15) is 4.39 Å². The number of nitrogens with zero attached hydrogens (tertiary/aromatic N) is 2. The molecule has 0 aliphatic rings. The molecule has 3 nitrogen and oxygen atoms in total. The van der Waals surface area contributed by atoms with Crippen molar-refractivity contribution >= 4 is 11.3 Å². The third-order valence-corrected chi connectivity index (χ3v) is 4.17. The summed E-state index contributed by atoms with van der Waals surface area (Å²) in [5, 5.41) is 13.8. The van der Waals surface area contributed by atoms with E-state index >= 15 is 0 Å². The number of benzene rings is 1. The van der Waals surface area contributed by atoms with Crippen molar-refractivity contribution in [3.63, 3.8) is 0 Å². The Balaban J connectivity index is 2.06. The van der Waals surface area contributed by atoms with E-state index in [0.29, 0.717) is 12.0 Å². The number of nitrogens with one attached hydrogen (secondary N) is 1. The predicted molar refractivity (Wildman–Crippen MR) is 80.4 cm³/mol. The van der Waals surface area contributed by atoms with Gasteiger partial charge in [0.2, 0.25) is 0 Å². The average molecular weight is 293 g/mol. The molecule has 1 aromatic heterocycles. The van der Waals surface area contributed by atoms with Crippen LogP contribution in [0.5, 0.6) is 0 Å². The molecular weight excluding hydrogens is 273 g/mol. The number of halogens is 1. The van der Waals surface area contributed by atoms with Crippen LogP contribution >= 0.6 is 11.3 Å². The fourth-order valence-electron chi connectivity index (χ4n) is 2.01. The van der Waals surface area contributed by atoms with Crippen LogP contribution < -0.4 is 5.32 Å². The molecule has 0 amide bonds. The molecule has 1 unspecified atom stereocenters. The van der Waals surface area contributed by atoms with Gasteiger partial charge in [-0.2, -0.15) is 0 Å². The zero-order chi connectivity index (χ0) is 14.4. The van der Waals surface area contributed by atoms with Crippen LogP contribution in [0.3, 0.4) is 0 Å². The Bertz CT molecular complexity index is 541. The van der Waals surface area contributed by atoms with Gasteiger partial charge in [-0.25, -0.2) is 4.39 Å². The lowest BCUT2D eigenvalue weighted by Crippen LogP contribution is -2.21. The lowest BCUT2D eigenvalue weighted by Gasteiger charge is -2.12. The highest BCUT2D eigenvalue weighted by atomic mass is 32.1. The Morgan fingerprint density at radius 3 is 2.75 bits per heavy atom. The zero-order valence-corrected chi connectivity index (χ0v) is 12.7. The minimum absolute atomic E-state index is 0.180. The molecule has 0 spiro atoms. The average Bonchev–Trinajstić information content (AvgIpc) is 2.91. The van der Waals surface area contributed by atoms with Gasteiger partial charge >= 0.3 is 0 Å². The van der Waals surface area contributed by atoms with Crippen LogP contribution in [0.1, 0.15) is 48.3 Å². The summed E-state index contributed by atoms with van der Waals surface area (Å²) < 4.78 is 13.6. The minimum Gasteiger partial charge on any atom is -0.308 e. The molecule has 2 aromatic rings. The summed E-state index contributed by atoms with van der Waals surface area (Å²) in [6.07, 6.45) is 2.58. The zero-order valence-electron chi connectivity index (χ0n) is 11.9. The van der Waals surface area contributed by atoms with Gasteiger partial charge in [0.1, 0.15) is 15.8 Å². The van der Waals surface area contributed by atoms with Crippen molar-refractivity contribution in [3.8, 4) is 0 Å². The Kier molecular flexibility index (Phi) is 5.61. The van der Waals surface area contributed by atoms with Crippen LogP contribution in [0.15, 0.2) is 24.3 Å². The summed E-state index contributed by atoms with van der Waals surface area (Å²) in [4.78, 5) is 0. The van der Waals surface area contributed by atoms with Gasteiger partial charge in [-0.3, -0.25) is 0 Å². The van der Waals surface area contributed by atoms with Crippen LogP contribution in [0.25, 0.3) is 0 Å². The first-order valence-electron chi connectivity index (χ1n) is 7.03. The van der Waals surface area contributed by atoms with Crippen molar-refractivity contribution in [3.05, 3.63) is 45.7 Å². The maximum Gasteiger partial charge on any atom is 0.134 e. The van der Waals surface area contributed by atoms with Crippen LogP contribution in [0.4, 0.5) is 4.39 Å². The van der Waals surface area contributed by atoms with E-state index in [1.807, 2.05) is 6.07 Å². The second-order valence-corrected chi connectivity index (χ2v) is 5.81. The molecule has 1 N–H and O–H groups in total. The van der Waals surface area contributed by atoms with E-state index in [2.05, 4.69) is 29.4 Å². The van der Waals surface area contributed by atoms with Gasteiger partial charge in [0, 0.05) is 6.42 Å². The first kappa shape index (κ1) is 15.1. The van der Waals surface area contributed by atoms with Crippen molar-refractivity contribution in [2.24, 2.45) is 0 Å². The molecule has 1 aromatic carbocycles. The van der Waals surface area contributed by atoms with Crippen LogP contribution in [0, 0.1) is 5.82 Å². The Labute approximate surface area is 123 Å². The van der Waals surface area contributed by atoms with E-state index in [0.717, 1.165) is 29.4 Å². The molecule has 20 heavy (non-hydrogen) atoms. The second-order valence-electron chi connectivity index (χ2n) is 4.72. The maximum absolute atomic E-state index is 13.6. The summed E-state index contributed by atoms with van der Waals surface area (Å²) in [5.74, 6) is -0.180. The Hall–Kier alpha value is -1.33. The van der Waals surface area contributed by atoms with Gasteiger partial charge in [-0.1, -0.05) is 43.4 Å². The third-order valence-electron chi connectivity index (χ3n) is 3.13. The molecule has 0 saturated heterocycles. The normalized spacial score (nSPS) is 12.6. The van der Waals surface area contributed by atoms with E-state index in [4.69, 9.17) is 0 Å². The summed E-state index contributed by atoms with van der Waals surface area (Å²) in [5.41, 5.74) is 0.671. The first-order valence-corrected chi connectivity index (χ1v) is 7.85. The molecule has 0 aliphatic heterocycles. The first-order chi connectivity index (χ1) is 9.74. The van der Waals surface area contributed by atoms with E-state index < -0.39 is 0 Å². The SMILES string of the molecule is CCCNC(CC)c1nnc(Cc2ccccc2F)s1. The Morgan fingerprint density at radius 2 is 2.05 bits per heavy atom. The largest absolute Gasteiger partial charge is 0.308 e. The van der Waals surface area contributed by atoms with Crippen molar-refractivity contribution in [1.82, 2.24) is 15.5 Å². The summed E-state index contributed by atoms with van der Waals surface area (Å²) in [7, 11) is 0. The van der Waals surface area contributed by atoms with E-state index in [-0.39, 0.29) is 11.9 Å². The summed E-state index contributed by atoms with van der Waals surface area (Å²) in [6.45, 7) is 5.25. The highest BCUT2D eigenvalue weighted by Crippen LogP contribution is 2.23. The van der Waals surface area contributed by atoms with E-state index in [1.165, 1.54) is 6.07 Å². The second kappa shape index (κ2) is 7.45. The standard InChI is InChI=1S/C15H20FN3S/c1-3-9-17-13(4-2)15-19-18-14(20-15)10-11-7-5-6-8-12(11)16/h5-8,13,17H,3-4,9-10H2,1-2H3. The van der Waals surface area contributed by atoms with Gasteiger partial charge in [0.05, 0.1) is 6.04 Å². The molecule has 0 saturated carbocycles. The molecule has 1 atom stereocenters. The highest BCUT2D eigenvalue weighted by molar-refractivity contribution is 7.11. The molecule has 1 heterocycles. The van der Waals surface area contributed by atoms with Gasteiger partial charge < -0.3 is 5.32 Å². The van der Waals surface area contributed by atoms with Crippen molar-refractivity contribution in [2.45, 2.75) is 39.2 Å². The van der Waals surface area contributed by atoms with E-state index in [1.54, 1.807) is 23.5 Å². The van der Waals surface area contributed by atoms with Gasteiger partial charge in [0.15, 0.2) is 0 Å².